The molecule has 0 saturated heterocycles. The van der Waals surface area contributed by atoms with E-state index in [1.54, 1.807) is 16.8 Å². The largest absolute Gasteiger partial charge is 0.435 e. The lowest BCUT2D eigenvalue weighted by atomic mass is 10.0. The van der Waals surface area contributed by atoms with E-state index in [2.05, 4.69) is 20.1 Å². The average molecular weight is 409 g/mol. The molecule has 0 aliphatic rings. The molecule has 0 aliphatic carbocycles. The summed E-state index contributed by atoms with van der Waals surface area (Å²) in [6.45, 7) is -2.92. The number of halogens is 2. The topological polar surface area (TPSA) is 94.5 Å². The van der Waals surface area contributed by atoms with E-state index in [1.165, 1.54) is 18.2 Å². The highest BCUT2D eigenvalue weighted by molar-refractivity contribution is 5.92. The molecule has 0 atom stereocenters. The van der Waals surface area contributed by atoms with Gasteiger partial charge >= 0.3 is 6.61 Å². The van der Waals surface area contributed by atoms with Gasteiger partial charge in [0.15, 0.2) is 5.65 Å². The Morgan fingerprint density at radius 3 is 2.67 bits per heavy atom. The Labute approximate surface area is 170 Å². The summed E-state index contributed by atoms with van der Waals surface area (Å²) in [5.74, 6) is -0.0735. The van der Waals surface area contributed by atoms with Gasteiger partial charge in [0.2, 0.25) is 11.9 Å². The summed E-state index contributed by atoms with van der Waals surface area (Å²) in [6.07, 6.45) is 1.92. The van der Waals surface area contributed by atoms with Crippen molar-refractivity contribution in [1.29, 1.82) is 0 Å². The van der Waals surface area contributed by atoms with E-state index in [0.29, 0.717) is 11.3 Å². The summed E-state index contributed by atoms with van der Waals surface area (Å²) in [5.41, 5.74) is 9.35. The molecule has 4 rings (SSSR count). The summed E-state index contributed by atoms with van der Waals surface area (Å²) in [7, 11) is 0. The molecule has 0 saturated carbocycles. The lowest BCUT2D eigenvalue weighted by molar-refractivity contribution is -0.115. The minimum absolute atomic E-state index is 0.0152. The maximum absolute atomic E-state index is 12.3. The van der Waals surface area contributed by atoms with Gasteiger partial charge in [-0.3, -0.25) is 4.79 Å². The number of nitrogen functional groups attached to an aromatic ring is 1. The fourth-order valence-electron chi connectivity index (χ4n) is 3.03. The molecule has 0 fully saturated rings. The van der Waals surface area contributed by atoms with Gasteiger partial charge in [-0.15, -0.1) is 5.10 Å². The average Bonchev–Trinajstić information content (AvgIpc) is 3.07. The molecule has 152 valence electrons. The lowest BCUT2D eigenvalue weighted by Crippen LogP contribution is -2.14. The fourth-order valence-corrected chi connectivity index (χ4v) is 3.03. The number of aromatic nitrogens is 3. The van der Waals surface area contributed by atoms with Crippen LogP contribution >= 0.6 is 0 Å². The van der Waals surface area contributed by atoms with Crippen LogP contribution in [0.5, 0.6) is 5.75 Å². The predicted octanol–water partition coefficient (Wildman–Crippen LogP) is 3.76. The van der Waals surface area contributed by atoms with Gasteiger partial charge in [0, 0.05) is 18.0 Å². The molecule has 2 aromatic heterocycles. The number of hydrogen-bond acceptors (Lipinski definition) is 5. The van der Waals surface area contributed by atoms with Crippen LogP contribution in [0.2, 0.25) is 0 Å². The minimum atomic E-state index is -2.92. The molecule has 2 heterocycles. The standard InChI is InChI=1S/C21H17F2N5O2/c22-20(23)30-17-3-1-2-16(12-17)25-19(29)10-13-4-6-14(7-5-13)15-8-9-28-18(11-15)26-21(24)27-28/h1-9,11-12,20H,10H2,(H2,24,27)(H,25,29). The van der Waals surface area contributed by atoms with Gasteiger partial charge in [-0.1, -0.05) is 30.3 Å². The maximum atomic E-state index is 12.3. The quantitative estimate of drug-likeness (QED) is 0.506. The van der Waals surface area contributed by atoms with Crippen LogP contribution in [-0.2, 0) is 11.2 Å². The van der Waals surface area contributed by atoms with E-state index >= 15 is 0 Å². The van der Waals surface area contributed by atoms with E-state index in [4.69, 9.17) is 5.73 Å². The normalized spacial score (nSPS) is 11.0. The molecular weight excluding hydrogens is 392 g/mol. The first-order valence-corrected chi connectivity index (χ1v) is 9.02. The summed E-state index contributed by atoms with van der Waals surface area (Å²) >= 11 is 0. The zero-order valence-corrected chi connectivity index (χ0v) is 15.6. The van der Waals surface area contributed by atoms with E-state index in [0.717, 1.165) is 16.7 Å². The van der Waals surface area contributed by atoms with Crippen LogP contribution in [-0.4, -0.2) is 27.1 Å². The molecule has 0 spiro atoms. The Balaban J connectivity index is 1.42. The van der Waals surface area contributed by atoms with Crippen LogP contribution in [0.25, 0.3) is 16.8 Å². The predicted molar refractivity (Wildman–Crippen MR) is 108 cm³/mol. The number of carbonyl (C=O) groups excluding carboxylic acids is 1. The smallest absolute Gasteiger partial charge is 0.387 e. The maximum Gasteiger partial charge on any atom is 0.387 e. The van der Waals surface area contributed by atoms with Crippen molar-refractivity contribution in [1.82, 2.24) is 14.6 Å². The molecule has 2 aromatic carbocycles. The lowest BCUT2D eigenvalue weighted by Gasteiger charge is -2.09. The first-order valence-electron chi connectivity index (χ1n) is 9.02. The van der Waals surface area contributed by atoms with Crippen molar-refractivity contribution in [2.75, 3.05) is 11.1 Å². The summed E-state index contributed by atoms with van der Waals surface area (Å²) < 4.78 is 30.6. The summed E-state index contributed by atoms with van der Waals surface area (Å²) in [6, 6.07) is 17.2. The number of alkyl halides is 2. The number of nitrogens with two attached hydrogens (primary N) is 1. The van der Waals surface area contributed by atoms with E-state index < -0.39 is 6.61 Å². The van der Waals surface area contributed by atoms with Gasteiger partial charge in [0.05, 0.1) is 6.42 Å². The van der Waals surface area contributed by atoms with Crippen LogP contribution < -0.4 is 15.8 Å². The second-order valence-electron chi connectivity index (χ2n) is 6.52. The zero-order valence-electron chi connectivity index (χ0n) is 15.6. The first-order chi connectivity index (χ1) is 14.5. The van der Waals surface area contributed by atoms with Gasteiger partial charge in [-0.2, -0.15) is 13.8 Å². The van der Waals surface area contributed by atoms with Crippen molar-refractivity contribution in [3.05, 3.63) is 72.4 Å². The minimum Gasteiger partial charge on any atom is -0.435 e. The molecular formula is C21H17F2N5O2. The SMILES string of the molecule is Nc1nc2cc(-c3ccc(CC(=O)Nc4cccc(OC(F)F)c4)cc3)ccn2n1. The van der Waals surface area contributed by atoms with Gasteiger partial charge in [-0.25, -0.2) is 4.52 Å². The van der Waals surface area contributed by atoms with Gasteiger partial charge in [-0.05, 0) is 41.0 Å². The monoisotopic (exact) mass is 409 g/mol. The number of pyridine rings is 1. The number of anilines is 2. The Hall–Kier alpha value is -4.01. The van der Waals surface area contributed by atoms with Crippen molar-refractivity contribution in [2.45, 2.75) is 13.0 Å². The molecule has 0 unspecified atom stereocenters. The Morgan fingerprint density at radius 2 is 1.90 bits per heavy atom. The number of fused-ring (bicyclic) bond motifs is 1. The molecule has 30 heavy (non-hydrogen) atoms. The van der Waals surface area contributed by atoms with Crippen molar-refractivity contribution in [3.8, 4) is 16.9 Å². The number of ether oxygens (including phenoxy) is 1. The zero-order chi connectivity index (χ0) is 21.1. The summed E-state index contributed by atoms with van der Waals surface area (Å²) in [4.78, 5) is 16.4. The molecule has 7 nitrogen and oxygen atoms in total. The van der Waals surface area contributed by atoms with Crippen molar-refractivity contribution < 1.29 is 18.3 Å². The number of rotatable bonds is 6. The van der Waals surface area contributed by atoms with Crippen molar-refractivity contribution >= 4 is 23.2 Å². The second kappa shape index (κ2) is 8.16. The van der Waals surface area contributed by atoms with Gasteiger partial charge in [0.1, 0.15) is 5.75 Å². The Morgan fingerprint density at radius 1 is 1.10 bits per heavy atom. The van der Waals surface area contributed by atoms with Gasteiger partial charge in [0.25, 0.3) is 0 Å². The van der Waals surface area contributed by atoms with Crippen molar-refractivity contribution in [2.24, 2.45) is 0 Å². The number of hydrogen-bond donors (Lipinski definition) is 2. The van der Waals surface area contributed by atoms with Crippen LogP contribution in [0, 0.1) is 0 Å². The fraction of sp³-hybridized carbons (Fsp3) is 0.0952. The van der Waals surface area contributed by atoms with E-state index in [1.807, 2.05) is 36.4 Å². The van der Waals surface area contributed by atoms with E-state index in [-0.39, 0.29) is 24.0 Å². The van der Waals surface area contributed by atoms with Crippen LogP contribution in [0.4, 0.5) is 20.4 Å². The van der Waals surface area contributed by atoms with Crippen molar-refractivity contribution in [3.63, 3.8) is 0 Å². The number of nitrogens with zero attached hydrogens (tertiary/aromatic N) is 3. The number of amides is 1. The van der Waals surface area contributed by atoms with E-state index in [9.17, 15) is 13.6 Å². The molecule has 0 radical (unpaired) electrons. The first kappa shape index (κ1) is 19.3. The second-order valence-corrected chi connectivity index (χ2v) is 6.52. The molecule has 4 aromatic rings. The Kier molecular flexibility index (Phi) is 5.25. The Bertz CT molecular complexity index is 1190. The highest BCUT2D eigenvalue weighted by Crippen LogP contribution is 2.22. The highest BCUT2D eigenvalue weighted by Gasteiger charge is 2.09. The molecule has 0 bridgehead atoms. The van der Waals surface area contributed by atoms with Gasteiger partial charge < -0.3 is 15.8 Å². The molecule has 1 amide bonds. The molecule has 0 aliphatic heterocycles. The number of benzene rings is 2. The van der Waals surface area contributed by atoms with Crippen LogP contribution in [0.15, 0.2) is 66.9 Å². The number of nitrogens with one attached hydrogen (secondary N) is 1. The molecule has 9 heteroatoms. The highest BCUT2D eigenvalue weighted by atomic mass is 19.3. The summed E-state index contributed by atoms with van der Waals surface area (Å²) in [5, 5.41) is 6.72. The molecule has 3 N–H and O–H groups in total. The van der Waals surface area contributed by atoms with Crippen LogP contribution in [0.1, 0.15) is 5.56 Å². The third kappa shape index (κ3) is 4.52. The van der Waals surface area contributed by atoms with Crippen LogP contribution in [0.3, 0.4) is 0 Å². The third-order valence-electron chi connectivity index (χ3n) is 4.35. The third-order valence-corrected chi connectivity index (χ3v) is 4.35. The number of carbonyl (C=O) groups is 1.